The summed E-state index contributed by atoms with van der Waals surface area (Å²) in [7, 11) is 0. The summed E-state index contributed by atoms with van der Waals surface area (Å²) < 4.78 is 0. The Hall–Kier alpha value is -2.29. The van der Waals surface area contributed by atoms with Crippen molar-refractivity contribution in [3.63, 3.8) is 0 Å². The van der Waals surface area contributed by atoms with Gasteiger partial charge in [0.15, 0.2) is 0 Å². The van der Waals surface area contributed by atoms with Crippen LogP contribution in [0.5, 0.6) is 11.5 Å². The zero-order valence-corrected chi connectivity index (χ0v) is 13.9. The Kier molecular flexibility index (Phi) is 4.12. The third kappa shape index (κ3) is 2.50. The first kappa shape index (κ1) is 15.6. The van der Waals surface area contributed by atoms with Crippen LogP contribution in [0.1, 0.15) is 0 Å². The first-order valence-corrected chi connectivity index (χ1v) is 7.17. The van der Waals surface area contributed by atoms with Gasteiger partial charge >= 0.3 is 0 Å². The summed E-state index contributed by atoms with van der Waals surface area (Å²) in [5.41, 5.74) is 1.28. The molecule has 2 nitrogen and oxygen atoms in total. The average molecular weight is 334 g/mol. The van der Waals surface area contributed by atoms with E-state index < -0.39 is 0 Å². The quantitative estimate of drug-likeness (QED) is 0.477. The van der Waals surface area contributed by atoms with Crippen molar-refractivity contribution in [2.45, 2.75) is 0 Å². The van der Waals surface area contributed by atoms with Crippen molar-refractivity contribution in [2.75, 3.05) is 0 Å². The Bertz CT molecular complexity index is 925. The molecule has 0 radical (unpaired) electrons. The van der Waals surface area contributed by atoms with Gasteiger partial charge in [0.05, 0.1) is 0 Å². The van der Waals surface area contributed by atoms with Gasteiger partial charge < -0.3 is 10.2 Å². The Morgan fingerprint density at radius 2 is 0.870 bits per heavy atom. The van der Waals surface area contributed by atoms with Crippen LogP contribution in [0.25, 0.3) is 32.7 Å². The zero-order chi connectivity index (χ0) is 15.1. The molecule has 110 valence electrons. The fourth-order valence-electron chi connectivity index (χ4n) is 2.94. The van der Waals surface area contributed by atoms with E-state index in [1.807, 2.05) is 72.8 Å². The van der Waals surface area contributed by atoms with Gasteiger partial charge in [0.25, 0.3) is 0 Å². The van der Waals surface area contributed by atoms with Gasteiger partial charge in [-0.15, -0.1) is 0 Å². The number of benzene rings is 4. The van der Waals surface area contributed by atoms with Crippen LogP contribution in [0.4, 0.5) is 0 Å². The molecule has 23 heavy (non-hydrogen) atoms. The fraction of sp³-hybridized carbons (Fsp3) is 0. The van der Waals surface area contributed by atoms with E-state index in [0.717, 1.165) is 21.5 Å². The molecule has 0 unspecified atom stereocenters. The first-order valence-electron chi connectivity index (χ1n) is 7.17. The minimum absolute atomic E-state index is 0. The van der Waals surface area contributed by atoms with Gasteiger partial charge in [-0.25, -0.2) is 0 Å². The van der Waals surface area contributed by atoms with Crippen molar-refractivity contribution >= 4 is 21.5 Å². The molecule has 0 aliphatic carbocycles. The summed E-state index contributed by atoms with van der Waals surface area (Å²) >= 11 is 0. The molecule has 0 aliphatic rings. The molecule has 0 heterocycles. The molecule has 0 bridgehead atoms. The van der Waals surface area contributed by atoms with Crippen LogP contribution in [0.3, 0.4) is 0 Å². The predicted octanol–water partition coefficient (Wildman–Crippen LogP) is 5.07. The van der Waals surface area contributed by atoms with Gasteiger partial charge in [-0.1, -0.05) is 60.7 Å². The molecule has 4 aromatic carbocycles. The Balaban J connectivity index is 0.00000156. The second kappa shape index (κ2) is 6.07. The molecule has 0 spiro atoms. The van der Waals surface area contributed by atoms with Crippen LogP contribution < -0.4 is 0 Å². The van der Waals surface area contributed by atoms with Crippen molar-refractivity contribution < 1.29 is 31.9 Å². The summed E-state index contributed by atoms with van der Waals surface area (Å²) in [6, 6.07) is 23.0. The number of fused-ring (bicyclic) bond motifs is 2. The third-order valence-corrected chi connectivity index (χ3v) is 4.09. The summed E-state index contributed by atoms with van der Waals surface area (Å²) in [5, 5.41) is 24.7. The molecule has 4 aromatic rings. The molecule has 0 aliphatic heterocycles. The van der Waals surface area contributed by atoms with Crippen LogP contribution in [0, 0.1) is 0 Å². The topological polar surface area (TPSA) is 40.5 Å². The molecule has 4 rings (SSSR count). The molecular formula is C20H14O2Ti. The minimum Gasteiger partial charge on any atom is -0.507 e. The van der Waals surface area contributed by atoms with Gasteiger partial charge in [-0.3, -0.25) is 0 Å². The van der Waals surface area contributed by atoms with E-state index in [1.165, 1.54) is 0 Å². The van der Waals surface area contributed by atoms with Gasteiger partial charge in [-0.2, -0.15) is 0 Å². The largest absolute Gasteiger partial charge is 0.507 e. The molecule has 0 atom stereocenters. The van der Waals surface area contributed by atoms with E-state index in [4.69, 9.17) is 0 Å². The molecule has 2 N–H and O–H groups in total. The van der Waals surface area contributed by atoms with Crippen molar-refractivity contribution in [1.29, 1.82) is 0 Å². The zero-order valence-electron chi connectivity index (χ0n) is 12.3. The number of hydrogen-bond acceptors (Lipinski definition) is 2. The van der Waals surface area contributed by atoms with Crippen LogP contribution in [-0.2, 0) is 21.7 Å². The van der Waals surface area contributed by atoms with E-state index in [-0.39, 0.29) is 33.2 Å². The third-order valence-electron chi connectivity index (χ3n) is 4.09. The van der Waals surface area contributed by atoms with Crippen molar-refractivity contribution in [3.8, 4) is 22.6 Å². The first-order chi connectivity index (χ1) is 10.8. The number of rotatable bonds is 1. The minimum atomic E-state index is 0. The summed E-state index contributed by atoms with van der Waals surface area (Å²) in [6.45, 7) is 0. The van der Waals surface area contributed by atoms with E-state index >= 15 is 0 Å². The predicted molar refractivity (Wildman–Crippen MR) is 90.2 cm³/mol. The molecule has 0 aromatic heterocycles. The van der Waals surface area contributed by atoms with Crippen LogP contribution in [-0.4, -0.2) is 10.2 Å². The standard InChI is InChI=1S/C20H14O2.Ti/c21-19-15-7-3-1-5-13(15)9-11-17(19)18-12-10-14-6-2-4-8-16(14)20(18)22;/h1-12,21-22H;. The van der Waals surface area contributed by atoms with Gasteiger partial charge in [-0.05, 0) is 22.9 Å². The molecule has 0 saturated carbocycles. The van der Waals surface area contributed by atoms with Crippen LogP contribution in [0.15, 0.2) is 72.8 Å². The van der Waals surface area contributed by atoms with Crippen LogP contribution in [0.2, 0.25) is 0 Å². The van der Waals surface area contributed by atoms with E-state index in [9.17, 15) is 10.2 Å². The summed E-state index contributed by atoms with van der Waals surface area (Å²) in [5.74, 6) is 0.396. The average Bonchev–Trinajstić information content (AvgIpc) is 2.57. The van der Waals surface area contributed by atoms with Gasteiger partial charge in [0.1, 0.15) is 11.5 Å². The molecule has 0 saturated heterocycles. The molecule has 0 fully saturated rings. The second-order valence-electron chi connectivity index (χ2n) is 5.37. The fourth-order valence-corrected chi connectivity index (χ4v) is 2.94. The Labute approximate surface area is 148 Å². The summed E-state index contributed by atoms with van der Waals surface area (Å²) in [6.07, 6.45) is 0. The molecule has 0 amide bonds. The maximum Gasteiger partial charge on any atom is 0.131 e. The van der Waals surface area contributed by atoms with Crippen LogP contribution >= 0.6 is 0 Å². The van der Waals surface area contributed by atoms with E-state index in [0.29, 0.717) is 11.1 Å². The molecular weight excluding hydrogens is 320 g/mol. The maximum absolute atomic E-state index is 10.6. The number of hydrogen-bond donors (Lipinski definition) is 2. The Morgan fingerprint density at radius 3 is 1.30 bits per heavy atom. The second-order valence-corrected chi connectivity index (χ2v) is 5.37. The normalized spacial score (nSPS) is 10.6. The van der Waals surface area contributed by atoms with Gasteiger partial charge in [0.2, 0.25) is 0 Å². The van der Waals surface area contributed by atoms with E-state index in [2.05, 4.69) is 0 Å². The smallest absolute Gasteiger partial charge is 0.131 e. The maximum atomic E-state index is 10.6. The number of phenolic OH excluding ortho intramolecular Hbond substituents is 2. The monoisotopic (exact) mass is 334 g/mol. The van der Waals surface area contributed by atoms with Gasteiger partial charge in [0, 0.05) is 43.6 Å². The summed E-state index contributed by atoms with van der Waals surface area (Å²) in [4.78, 5) is 0. The van der Waals surface area contributed by atoms with Crippen molar-refractivity contribution in [3.05, 3.63) is 72.8 Å². The molecule has 3 heteroatoms. The van der Waals surface area contributed by atoms with E-state index in [1.54, 1.807) is 0 Å². The van der Waals surface area contributed by atoms with Crippen molar-refractivity contribution in [1.82, 2.24) is 0 Å². The van der Waals surface area contributed by atoms with Crippen molar-refractivity contribution in [2.24, 2.45) is 0 Å². The number of phenols is 2. The Morgan fingerprint density at radius 1 is 0.478 bits per heavy atom. The number of aromatic hydroxyl groups is 2. The SMILES string of the molecule is Oc1c(-c2ccc3ccccc3c2O)ccc2ccccc12.[Ti].